The second-order valence-electron chi connectivity index (χ2n) is 13.3. The minimum Gasteiger partial charge on any atom is -0.310 e. The van der Waals surface area contributed by atoms with Gasteiger partial charge in [-0.15, -0.1) is 11.3 Å². The summed E-state index contributed by atoms with van der Waals surface area (Å²) in [5.74, 6) is 0. The van der Waals surface area contributed by atoms with Crippen molar-refractivity contribution in [3.63, 3.8) is 0 Å². The lowest BCUT2D eigenvalue weighted by Crippen LogP contribution is -2.28. The Morgan fingerprint density at radius 3 is 1.65 bits per heavy atom. The van der Waals surface area contributed by atoms with E-state index in [0.29, 0.717) is 0 Å². The van der Waals surface area contributed by atoms with Gasteiger partial charge >= 0.3 is 0 Å². The molecule has 240 valence electrons. The van der Waals surface area contributed by atoms with Crippen LogP contribution in [0.2, 0.25) is 0 Å². The average Bonchev–Trinajstić information content (AvgIpc) is 3.73. The van der Waals surface area contributed by atoms with Crippen LogP contribution in [0.5, 0.6) is 0 Å². The minimum absolute atomic E-state index is 0.457. The maximum atomic E-state index is 2.41. The molecule has 0 aliphatic heterocycles. The summed E-state index contributed by atoms with van der Waals surface area (Å²) in [6.45, 7) is 0. The summed E-state index contributed by atoms with van der Waals surface area (Å²) < 4.78 is 2.66. The second kappa shape index (κ2) is 12.0. The number of hydrogen-bond donors (Lipinski definition) is 0. The van der Waals surface area contributed by atoms with Gasteiger partial charge in [-0.2, -0.15) is 0 Å². The minimum atomic E-state index is -0.457. The SMILES string of the molecule is c1ccc(N(c2ccc(-c3ccc4sc5ccccc5c4c3)cc2)c2cccc(C3(c4ccccc4)c4ccccc4-c4ccccc43)c2)cc1. The third-order valence-corrected chi connectivity index (χ3v) is 11.7. The van der Waals surface area contributed by atoms with Crippen molar-refractivity contribution in [3.8, 4) is 22.3 Å². The van der Waals surface area contributed by atoms with Crippen molar-refractivity contribution in [2.24, 2.45) is 0 Å². The smallest absolute Gasteiger partial charge is 0.0714 e. The molecule has 1 nitrogen and oxygen atoms in total. The third-order valence-electron chi connectivity index (χ3n) is 10.5. The molecule has 9 aromatic rings. The lowest BCUT2D eigenvalue weighted by Gasteiger charge is -2.35. The Labute approximate surface area is 302 Å². The fourth-order valence-electron chi connectivity index (χ4n) is 8.32. The van der Waals surface area contributed by atoms with Crippen LogP contribution in [0.15, 0.2) is 200 Å². The number of benzene rings is 8. The van der Waals surface area contributed by atoms with Gasteiger partial charge in [0.05, 0.1) is 5.41 Å². The lowest BCUT2D eigenvalue weighted by atomic mass is 9.67. The molecule has 8 aromatic carbocycles. The van der Waals surface area contributed by atoms with E-state index in [9.17, 15) is 0 Å². The molecule has 0 N–H and O–H groups in total. The van der Waals surface area contributed by atoms with Crippen LogP contribution in [-0.2, 0) is 5.41 Å². The quantitative estimate of drug-likeness (QED) is 0.171. The number of nitrogens with zero attached hydrogens (tertiary/aromatic N) is 1. The molecule has 1 aliphatic rings. The molecule has 0 amide bonds. The van der Waals surface area contributed by atoms with Crippen molar-refractivity contribution in [3.05, 3.63) is 222 Å². The van der Waals surface area contributed by atoms with Crippen molar-refractivity contribution in [2.75, 3.05) is 4.90 Å². The summed E-state index contributed by atoms with van der Waals surface area (Å²) in [6.07, 6.45) is 0. The normalized spacial score (nSPS) is 12.9. The number of anilines is 3. The van der Waals surface area contributed by atoms with E-state index >= 15 is 0 Å². The first-order chi connectivity index (χ1) is 25.3. The van der Waals surface area contributed by atoms with E-state index in [2.05, 4.69) is 205 Å². The Balaban J connectivity index is 1.12. The van der Waals surface area contributed by atoms with Crippen molar-refractivity contribution < 1.29 is 0 Å². The third kappa shape index (κ3) is 4.68. The summed E-state index contributed by atoms with van der Waals surface area (Å²) >= 11 is 1.86. The second-order valence-corrected chi connectivity index (χ2v) is 14.4. The molecule has 51 heavy (non-hydrogen) atoms. The van der Waals surface area contributed by atoms with Crippen LogP contribution in [0, 0.1) is 0 Å². The highest BCUT2D eigenvalue weighted by Gasteiger charge is 2.46. The molecule has 2 heteroatoms. The number of para-hydroxylation sites is 1. The van der Waals surface area contributed by atoms with Crippen LogP contribution >= 0.6 is 11.3 Å². The fourth-order valence-corrected chi connectivity index (χ4v) is 9.41. The molecule has 1 aromatic heterocycles. The maximum absolute atomic E-state index is 2.41. The Bertz CT molecular complexity index is 2640. The van der Waals surface area contributed by atoms with Crippen LogP contribution in [0.4, 0.5) is 17.1 Å². The van der Waals surface area contributed by atoms with E-state index in [4.69, 9.17) is 0 Å². The number of thiophene rings is 1. The Hall–Kier alpha value is -6.22. The zero-order valence-corrected chi connectivity index (χ0v) is 28.7. The van der Waals surface area contributed by atoms with Crippen LogP contribution in [-0.4, -0.2) is 0 Å². The van der Waals surface area contributed by atoms with Crippen molar-refractivity contribution in [2.45, 2.75) is 5.41 Å². The summed E-state index contributed by atoms with van der Waals surface area (Å²) in [7, 11) is 0. The molecular weight excluding hydrogens is 635 g/mol. The van der Waals surface area contributed by atoms with Crippen molar-refractivity contribution >= 4 is 48.6 Å². The molecule has 1 aliphatic carbocycles. The van der Waals surface area contributed by atoms with E-state index in [-0.39, 0.29) is 0 Å². The molecule has 0 saturated carbocycles. The largest absolute Gasteiger partial charge is 0.310 e. The zero-order valence-electron chi connectivity index (χ0n) is 27.9. The molecule has 0 spiro atoms. The van der Waals surface area contributed by atoms with Crippen molar-refractivity contribution in [1.29, 1.82) is 0 Å². The van der Waals surface area contributed by atoms with E-state index in [1.54, 1.807) is 0 Å². The van der Waals surface area contributed by atoms with E-state index < -0.39 is 5.41 Å². The molecule has 0 radical (unpaired) electrons. The van der Waals surface area contributed by atoms with Gasteiger partial charge in [-0.25, -0.2) is 0 Å². The molecule has 0 unspecified atom stereocenters. The molecule has 0 atom stereocenters. The zero-order chi connectivity index (χ0) is 33.8. The summed E-state index contributed by atoms with van der Waals surface area (Å²) in [5.41, 5.74) is 13.1. The van der Waals surface area contributed by atoms with E-state index in [0.717, 1.165) is 17.1 Å². The summed E-state index contributed by atoms with van der Waals surface area (Å²) in [4.78, 5) is 2.38. The highest BCUT2D eigenvalue weighted by atomic mass is 32.1. The molecule has 0 bridgehead atoms. The van der Waals surface area contributed by atoms with Crippen LogP contribution < -0.4 is 4.90 Å². The number of hydrogen-bond acceptors (Lipinski definition) is 2. The number of rotatable bonds is 6. The molecular formula is C49H33NS. The van der Waals surface area contributed by atoms with Crippen LogP contribution in [0.3, 0.4) is 0 Å². The highest BCUT2D eigenvalue weighted by molar-refractivity contribution is 7.25. The molecule has 0 fully saturated rings. The molecule has 0 saturated heterocycles. The number of fused-ring (bicyclic) bond motifs is 6. The van der Waals surface area contributed by atoms with Gasteiger partial charge in [0.2, 0.25) is 0 Å². The van der Waals surface area contributed by atoms with Crippen molar-refractivity contribution in [1.82, 2.24) is 0 Å². The standard InChI is InChI=1S/C49H33NS/c1-3-14-36(15-4-1)49(45-23-10-7-20-41(45)42-21-8-11-24-46(42)49)37-16-13-19-40(33-37)50(38-17-5-2-6-18-38)39-29-26-34(27-30-39)35-28-31-48-44(32-35)43-22-9-12-25-47(43)51-48/h1-33H. The fraction of sp³-hybridized carbons (Fsp3) is 0.0204. The average molecular weight is 668 g/mol. The van der Waals surface area contributed by atoms with Gasteiger partial charge in [0.25, 0.3) is 0 Å². The van der Waals surface area contributed by atoms with Crippen LogP contribution in [0.25, 0.3) is 42.4 Å². The van der Waals surface area contributed by atoms with Gasteiger partial charge in [-0.1, -0.05) is 146 Å². The first-order valence-corrected chi connectivity index (χ1v) is 18.3. The molecule has 10 rings (SSSR count). The van der Waals surface area contributed by atoms with Gasteiger partial charge in [-0.3, -0.25) is 0 Å². The van der Waals surface area contributed by atoms with E-state index in [1.807, 2.05) is 11.3 Å². The Morgan fingerprint density at radius 1 is 0.353 bits per heavy atom. The first-order valence-electron chi connectivity index (χ1n) is 17.5. The first kappa shape index (κ1) is 29.7. The van der Waals surface area contributed by atoms with Crippen LogP contribution in [0.1, 0.15) is 22.3 Å². The van der Waals surface area contributed by atoms with Gasteiger partial charge in [-0.05, 0) is 99.1 Å². The van der Waals surface area contributed by atoms with Gasteiger partial charge in [0.15, 0.2) is 0 Å². The lowest BCUT2D eigenvalue weighted by molar-refractivity contribution is 0.768. The highest BCUT2D eigenvalue weighted by Crippen LogP contribution is 2.56. The van der Waals surface area contributed by atoms with E-state index in [1.165, 1.54) is 64.7 Å². The monoisotopic (exact) mass is 667 g/mol. The maximum Gasteiger partial charge on any atom is 0.0714 e. The summed E-state index contributed by atoms with van der Waals surface area (Å²) in [6, 6.07) is 73.4. The summed E-state index contributed by atoms with van der Waals surface area (Å²) in [5, 5.41) is 2.65. The molecule has 1 heterocycles. The Kier molecular flexibility index (Phi) is 6.97. The topological polar surface area (TPSA) is 3.24 Å². The van der Waals surface area contributed by atoms with Gasteiger partial charge in [0.1, 0.15) is 0 Å². The van der Waals surface area contributed by atoms with Gasteiger partial charge < -0.3 is 4.90 Å². The predicted octanol–water partition coefficient (Wildman–Crippen LogP) is 13.6. The predicted molar refractivity (Wildman–Crippen MR) is 217 cm³/mol. The Morgan fingerprint density at radius 2 is 0.902 bits per heavy atom. The van der Waals surface area contributed by atoms with Gasteiger partial charge in [0, 0.05) is 37.2 Å².